The molecular formula is C16H32N2O2. The number of hydrogen-bond donors (Lipinski definition) is 1. The van der Waals surface area contributed by atoms with Crippen molar-refractivity contribution in [1.82, 2.24) is 10.2 Å². The Balaban J connectivity index is 2.30. The van der Waals surface area contributed by atoms with Crippen molar-refractivity contribution in [2.24, 2.45) is 5.92 Å². The van der Waals surface area contributed by atoms with Gasteiger partial charge in [0.2, 0.25) is 5.91 Å². The van der Waals surface area contributed by atoms with Crippen molar-refractivity contribution in [3.63, 3.8) is 0 Å². The fourth-order valence-corrected chi connectivity index (χ4v) is 3.00. The van der Waals surface area contributed by atoms with E-state index in [-0.39, 0.29) is 5.91 Å². The van der Waals surface area contributed by atoms with E-state index < -0.39 is 0 Å². The molecule has 1 N–H and O–H groups in total. The highest BCUT2D eigenvalue weighted by atomic mass is 16.5. The van der Waals surface area contributed by atoms with Crippen molar-refractivity contribution in [3.05, 3.63) is 0 Å². The summed E-state index contributed by atoms with van der Waals surface area (Å²) in [5.41, 5.74) is 0. The van der Waals surface area contributed by atoms with Gasteiger partial charge in [0.05, 0.1) is 0 Å². The first-order valence-electron chi connectivity index (χ1n) is 8.06. The number of hydrogen-bond acceptors (Lipinski definition) is 3. The van der Waals surface area contributed by atoms with Crippen molar-refractivity contribution in [1.29, 1.82) is 0 Å². The lowest BCUT2D eigenvalue weighted by Crippen LogP contribution is -2.43. The topological polar surface area (TPSA) is 41.6 Å². The summed E-state index contributed by atoms with van der Waals surface area (Å²) in [7, 11) is 3.65. The zero-order valence-corrected chi connectivity index (χ0v) is 13.7. The predicted molar refractivity (Wildman–Crippen MR) is 82.8 cm³/mol. The lowest BCUT2D eigenvalue weighted by atomic mass is 9.90. The first-order valence-corrected chi connectivity index (χ1v) is 8.06. The van der Waals surface area contributed by atoms with Crippen molar-refractivity contribution in [3.8, 4) is 0 Å². The Bertz CT molecular complexity index is 276. The molecule has 1 atom stereocenters. The number of ether oxygens (including phenoxy) is 1. The Morgan fingerprint density at radius 3 is 2.55 bits per heavy atom. The molecule has 1 rings (SSSR count). The van der Waals surface area contributed by atoms with E-state index in [1.807, 2.05) is 11.9 Å². The van der Waals surface area contributed by atoms with E-state index in [1.165, 1.54) is 19.3 Å². The van der Waals surface area contributed by atoms with Crippen LogP contribution < -0.4 is 5.32 Å². The molecule has 4 nitrogen and oxygen atoms in total. The number of methoxy groups -OCH3 is 1. The Kier molecular flexibility index (Phi) is 8.15. The Hall–Kier alpha value is -0.610. The van der Waals surface area contributed by atoms with Crippen molar-refractivity contribution < 1.29 is 9.53 Å². The maximum atomic E-state index is 12.2. The molecule has 1 saturated carbocycles. The van der Waals surface area contributed by atoms with E-state index in [0.29, 0.717) is 31.0 Å². The summed E-state index contributed by atoms with van der Waals surface area (Å²) in [6.45, 7) is 6.04. The molecule has 1 unspecified atom stereocenters. The van der Waals surface area contributed by atoms with Crippen LogP contribution in [0.15, 0.2) is 0 Å². The van der Waals surface area contributed by atoms with E-state index in [1.54, 1.807) is 7.11 Å². The van der Waals surface area contributed by atoms with Crippen LogP contribution >= 0.6 is 0 Å². The zero-order chi connectivity index (χ0) is 15.0. The molecular weight excluding hydrogens is 252 g/mol. The Morgan fingerprint density at radius 1 is 1.35 bits per heavy atom. The van der Waals surface area contributed by atoms with Crippen molar-refractivity contribution in [2.45, 2.75) is 64.5 Å². The number of amides is 1. The maximum Gasteiger partial charge on any atom is 0.222 e. The van der Waals surface area contributed by atoms with Gasteiger partial charge in [-0.2, -0.15) is 0 Å². The van der Waals surface area contributed by atoms with Crippen LogP contribution in [0.1, 0.15) is 52.4 Å². The number of carbonyl (C=O) groups excluding carboxylic acids is 1. The van der Waals surface area contributed by atoms with Gasteiger partial charge in [-0.15, -0.1) is 0 Å². The molecule has 20 heavy (non-hydrogen) atoms. The predicted octanol–water partition coefficient (Wildman–Crippen LogP) is 2.43. The molecule has 0 saturated heterocycles. The summed E-state index contributed by atoms with van der Waals surface area (Å²) >= 11 is 0. The molecule has 1 aliphatic rings. The van der Waals surface area contributed by atoms with Gasteiger partial charge in [-0.25, -0.2) is 0 Å². The van der Waals surface area contributed by atoms with Gasteiger partial charge in [-0.3, -0.25) is 4.79 Å². The number of nitrogens with zero attached hydrogens (tertiary/aromatic N) is 1. The monoisotopic (exact) mass is 284 g/mol. The summed E-state index contributed by atoms with van der Waals surface area (Å²) in [5, 5.41) is 3.59. The number of nitrogens with one attached hydrogen (secondary N) is 1. The molecule has 4 heteroatoms. The summed E-state index contributed by atoms with van der Waals surface area (Å²) < 4.78 is 5.10. The van der Waals surface area contributed by atoms with E-state index >= 15 is 0 Å². The van der Waals surface area contributed by atoms with E-state index in [0.717, 1.165) is 19.4 Å². The Labute approximate surface area is 124 Å². The highest BCUT2D eigenvalue weighted by Crippen LogP contribution is 2.23. The molecule has 0 bridgehead atoms. The molecule has 1 aliphatic carbocycles. The number of carbonyl (C=O) groups is 1. The van der Waals surface area contributed by atoms with Crippen LogP contribution in [-0.2, 0) is 9.53 Å². The smallest absolute Gasteiger partial charge is 0.222 e. The van der Waals surface area contributed by atoms with Crippen molar-refractivity contribution >= 4 is 5.91 Å². The summed E-state index contributed by atoms with van der Waals surface area (Å²) in [5.74, 6) is 0.567. The fourth-order valence-electron chi connectivity index (χ4n) is 3.00. The lowest BCUT2D eigenvalue weighted by Gasteiger charge is -2.35. The van der Waals surface area contributed by atoms with Gasteiger partial charge in [-0.1, -0.05) is 13.8 Å². The van der Waals surface area contributed by atoms with Gasteiger partial charge in [0.15, 0.2) is 0 Å². The van der Waals surface area contributed by atoms with Crippen LogP contribution in [0.4, 0.5) is 0 Å². The highest BCUT2D eigenvalue weighted by molar-refractivity contribution is 5.76. The van der Waals surface area contributed by atoms with Crippen LogP contribution in [0.2, 0.25) is 0 Å². The largest absolute Gasteiger partial charge is 0.384 e. The van der Waals surface area contributed by atoms with Crippen LogP contribution in [0.5, 0.6) is 0 Å². The van der Waals surface area contributed by atoms with E-state index in [9.17, 15) is 4.79 Å². The van der Waals surface area contributed by atoms with E-state index in [4.69, 9.17) is 4.74 Å². The molecule has 0 aromatic rings. The second-order valence-corrected chi connectivity index (χ2v) is 6.23. The SMILES string of the molecule is CCCNC1CCC(N(C)C(=O)CC(C)COC)CC1. The Morgan fingerprint density at radius 2 is 2.00 bits per heavy atom. The molecule has 0 aliphatic heterocycles. The molecule has 0 spiro atoms. The summed E-state index contributed by atoms with van der Waals surface area (Å²) in [6.07, 6.45) is 6.42. The minimum atomic E-state index is 0.263. The third kappa shape index (κ3) is 5.80. The van der Waals surface area contributed by atoms with E-state index in [2.05, 4.69) is 19.2 Å². The quantitative estimate of drug-likeness (QED) is 0.744. The van der Waals surface area contributed by atoms with Crippen LogP contribution in [0, 0.1) is 5.92 Å². The average molecular weight is 284 g/mol. The van der Waals surface area contributed by atoms with Crippen LogP contribution in [0.3, 0.4) is 0 Å². The summed E-state index contributed by atoms with van der Waals surface area (Å²) in [4.78, 5) is 14.2. The molecule has 0 heterocycles. The van der Waals surface area contributed by atoms with Crippen molar-refractivity contribution in [2.75, 3.05) is 27.3 Å². The normalized spacial score (nSPS) is 24.4. The van der Waals surface area contributed by atoms with Gasteiger partial charge in [0, 0.05) is 39.3 Å². The zero-order valence-electron chi connectivity index (χ0n) is 13.7. The third-order valence-electron chi connectivity index (χ3n) is 4.30. The van der Waals surface area contributed by atoms with Gasteiger partial charge < -0.3 is 15.0 Å². The van der Waals surface area contributed by atoms with Crippen LogP contribution in [0.25, 0.3) is 0 Å². The van der Waals surface area contributed by atoms with Gasteiger partial charge in [-0.05, 0) is 44.6 Å². The molecule has 118 valence electrons. The standard InChI is InChI=1S/C16H32N2O2/c1-5-10-17-14-6-8-15(9-7-14)18(3)16(19)11-13(2)12-20-4/h13-15,17H,5-12H2,1-4H3. The van der Waals surface area contributed by atoms with Gasteiger partial charge >= 0.3 is 0 Å². The fraction of sp³-hybridized carbons (Fsp3) is 0.938. The van der Waals surface area contributed by atoms with Crippen LogP contribution in [-0.4, -0.2) is 50.2 Å². The highest BCUT2D eigenvalue weighted by Gasteiger charge is 2.26. The number of rotatable bonds is 8. The lowest BCUT2D eigenvalue weighted by molar-refractivity contribution is -0.133. The van der Waals surface area contributed by atoms with Gasteiger partial charge in [0.1, 0.15) is 0 Å². The first kappa shape index (κ1) is 17.4. The first-order chi connectivity index (χ1) is 9.58. The molecule has 0 radical (unpaired) electrons. The third-order valence-corrected chi connectivity index (χ3v) is 4.30. The minimum Gasteiger partial charge on any atom is -0.384 e. The molecule has 1 amide bonds. The van der Waals surface area contributed by atoms with Gasteiger partial charge in [0.25, 0.3) is 0 Å². The second-order valence-electron chi connectivity index (χ2n) is 6.23. The second kappa shape index (κ2) is 9.35. The maximum absolute atomic E-state index is 12.2. The molecule has 0 aromatic heterocycles. The summed E-state index contributed by atoms with van der Waals surface area (Å²) in [6, 6.07) is 1.08. The molecule has 1 fully saturated rings. The minimum absolute atomic E-state index is 0.263. The molecule has 0 aromatic carbocycles. The average Bonchev–Trinajstić information content (AvgIpc) is 2.45.